The lowest BCUT2D eigenvalue weighted by atomic mass is 9.96. The van der Waals surface area contributed by atoms with Gasteiger partial charge >= 0.3 is 0 Å². The molecular formula is C22H13BrClNO2. The van der Waals surface area contributed by atoms with Crippen LogP contribution in [0.25, 0.3) is 11.1 Å². The second-order valence-electron chi connectivity index (χ2n) is 6.05. The van der Waals surface area contributed by atoms with Crippen LogP contribution in [0.3, 0.4) is 0 Å². The summed E-state index contributed by atoms with van der Waals surface area (Å²) in [6, 6.07) is 23.3. The molecule has 0 aromatic heterocycles. The standard InChI is InChI=1S/C22H13BrClNO2/c23-16-8-12-18(13-9-16)25-21(26)19(14-4-2-1-3-5-14)20(22(25)27)15-6-10-17(24)11-7-15/h1-13H. The maximum Gasteiger partial charge on any atom is 0.266 e. The zero-order valence-corrected chi connectivity index (χ0v) is 16.4. The second-order valence-corrected chi connectivity index (χ2v) is 7.40. The minimum Gasteiger partial charge on any atom is -0.268 e. The molecule has 0 N–H and O–H groups in total. The van der Waals surface area contributed by atoms with Gasteiger partial charge < -0.3 is 0 Å². The third-order valence-electron chi connectivity index (χ3n) is 4.36. The minimum absolute atomic E-state index is 0.335. The number of amides is 2. The number of hydrogen-bond acceptors (Lipinski definition) is 2. The highest BCUT2D eigenvalue weighted by Gasteiger charge is 2.40. The Hall–Kier alpha value is -2.69. The molecule has 27 heavy (non-hydrogen) atoms. The first-order valence-corrected chi connectivity index (χ1v) is 9.43. The summed E-state index contributed by atoms with van der Waals surface area (Å²) in [5.74, 6) is -0.679. The summed E-state index contributed by atoms with van der Waals surface area (Å²) in [6.07, 6.45) is 0. The van der Waals surface area contributed by atoms with E-state index >= 15 is 0 Å². The van der Waals surface area contributed by atoms with Gasteiger partial charge in [-0.15, -0.1) is 0 Å². The molecule has 0 saturated carbocycles. The van der Waals surface area contributed by atoms with Gasteiger partial charge in [-0.05, 0) is 47.5 Å². The van der Waals surface area contributed by atoms with Crippen molar-refractivity contribution < 1.29 is 9.59 Å². The highest BCUT2D eigenvalue weighted by Crippen LogP contribution is 2.38. The smallest absolute Gasteiger partial charge is 0.266 e. The van der Waals surface area contributed by atoms with Crippen LogP contribution in [-0.2, 0) is 9.59 Å². The molecule has 3 aromatic carbocycles. The molecule has 0 spiro atoms. The molecule has 0 bridgehead atoms. The third-order valence-corrected chi connectivity index (χ3v) is 5.14. The predicted octanol–water partition coefficient (Wildman–Crippen LogP) is 5.59. The Kier molecular flexibility index (Phi) is 4.68. The summed E-state index contributed by atoms with van der Waals surface area (Å²) in [5.41, 5.74) is 2.68. The minimum atomic E-state index is -0.344. The van der Waals surface area contributed by atoms with Crippen molar-refractivity contribution in [1.82, 2.24) is 0 Å². The first kappa shape index (κ1) is 17.7. The molecule has 0 fully saturated rings. The van der Waals surface area contributed by atoms with Gasteiger partial charge in [0.25, 0.3) is 11.8 Å². The fourth-order valence-electron chi connectivity index (χ4n) is 3.11. The number of hydrogen-bond donors (Lipinski definition) is 0. The van der Waals surface area contributed by atoms with E-state index in [-0.39, 0.29) is 11.8 Å². The van der Waals surface area contributed by atoms with Gasteiger partial charge in [-0.3, -0.25) is 9.59 Å². The lowest BCUT2D eigenvalue weighted by Crippen LogP contribution is -2.31. The average molecular weight is 439 g/mol. The van der Waals surface area contributed by atoms with E-state index in [1.165, 1.54) is 4.90 Å². The monoisotopic (exact) mass is 437 g/mol. The van der Waals surface area contributed by atoms with Crippen LogP contribution in [0.1, 0.15) is 11.1 Å². The number of carbonyl (C=O) groups excluding carboxylic acids is 2. The van der Waals surface area contributed by atoms with Crippen molar-refractivity contribution in [2.24, 2.45) is 0 Å². The van der Waals surface area contributed by atoms with Gasteiger partial charge in [0, 0.05) is 9.50 Å². The van der Waals surface area contributed by atoms with Crippen LogP contribution in [0.15, 0.2) is 83.3 Å². The van der Waals surface area contributed by atoms with Gasteiger partial charge in [0.2, 0.25) is 0 Å². The van der Waals surface area contributed by atoms with Crippen molar-refractivity contribution in [1.29, 1.82) is 0 Å². The summed E-state index contributed by atoms with van der Waals surface area (Å²) >= 11 is 9.37. The van der Waals surface area contributed by atoms with E-state index < -0.39 is 0 Å². The van der Waals surface area contributed by atoms with Crippen molar-refractivity contribution >= 4 is 56.2 Å². The molecular weight excluding hydrogens is 426 g/mol. The molecule has 0 saturated heterocycles. The number of halogens is 2. The molecule has 1 aliphatic rings. The van der Waals surface area contributed by atoms with Crippen molar-refractivity contribution in [3.05, 3.63) is 99.5 Å². The number of carbonyl (C=O) groups is 2. The molecule has 0 aliphatic carbocycles. The Balaban J connectivity index is 1.90. The molecule has 5 heteroatoms. The molecule has 1 aliphatic heterocycles. The predicted molar refractivity (Wildman–Crippen MR) is 111 cm³/mol. The molecule has 0 atom stereocenters. The summed E-state index contributed by atoms with van der Waals surface area (Å²) in [7, 11) is 0. The zero-order valence-electron chi connectivity index (χ0n) is 14.0. The van der Waals surface area contributed by atoms with Crippen molar-refractivity contribution in [2.45, 2.75) is 0 Å². The van der Waals surface area contributed by atoms with E-state index in [0.29, 0.717) is 33.0 Å². The number of imide groups is 1. The van der Waals surface area contributed by atoms with Gasteiger partial charge in [0.05, 0.1) is 16.8 Å². The van der Waals surface area contributed by atoms with Crippen LogP contribution >= 0.6 is 27.5 Å². The van der Waals surface area contributed by atoms with E-state index in [9.17, 15) is 9.59 Å². The highest BCUT2D eigenvalue weighted by molar-refractivity contribution is 9.10. The molecule has 1 heterocycles. The Labute approximate surface area is 170 Å². The van der Waals surface area contributed by atoms with Gasteiger partial charge in [-0.1, -0.05) is 70.0 Å². The van der Waals surface area contributed by atoms with Crippen LogP contribution in [0.4, 0.5) is 5.69 Å². The number of nitrogens with zero attached hydrogens (tertiary/aromatic N) is 1. The number of benzene rings is 3. The third kappa shape index (κ3) is 3.22. The summed E-state index contributed by atoms with van der Waals surface area (Å²) in [5, 5.41) is 0.571. The Morgan fingerprint density at radius 1 is 0.667 bits per heavy atom. The molecule has 132 valence electrons. The Bertz CT molecular complexity index is 1060. The second kappa shape index (κ2) is 7.14. The van der Waals surface area contributed by atoms with E-state index in [1.807, 2.05) is 30.3 Å². The van der Waals surface area contributed by atoms with Crippen molar-refractivity contribution in [2.75, 3.05) is 4.90 Å². The highest BCUT2D eigenvalue weighted by atomic mass is 79.9. The van der Waals surface area contributed by atoms with Crippen LogP contribution in [0.5, 0.6) is 0 Å². The van der Waals surface area contributed by atoms with E-state index in [4.69, 9.17) is 11.6 Å². The van der Waals surface area contributed by atoms with Crippen molar-refractivity contribution in [3.8, 4) is 0 Å². The molecule has 3 aromatic rings. The molecule has 3 nitrogen and oxygen atoms in total. The molecule has 4 rings (SSSR count). The first-order valence-electron chi connectivity index (χ1n) is 8.26. The van der Waals surface area contributed by atoms with Gasteiger partial charge in [0.15, 0.2) is 0 Å². The zero-order chi connectivity index (χ0) is 19.0. The SMILES string of the molecule is O=C1C(c2ccccc2)=C(c2ccc(Cl)cc2)C(=O)N1c1ccc(Br)cc1. The van der Waals surface area contributed by atoms with Gasteiger partial charge in [-0.2, -0.15) is 0 Å². The quantitative estimate of drug-likeness (QED) is 0.500. The largest absolute Gasteiger partial charge is 0.268 e. The summed E-state index contributed by atoms with van der Waals surface area (Å²) < 4.78 is 0.875. The average Bonchev–Trinajstić information content (AvgIpc) is 2.94. The van der Waals surface area contributed by atoms with E-state index in [2.05, 4.69) is 15.9 Å². The Morgan fingerprint density at radius 3 is 1.74 bits per heavy atom. The number of anilines is 1. The fourth-order valence-corrected chi connectivity index (χ4v) is 3.50. The lowest BCUT2D eigenvalue weighted by Gasteiger charge is -2.15. The topological polar surface area (TPSA) is 37.4 Å². The van der Waals surface area contributed by atoms with Crippen LogP contribution in [0.2, 0.25) is 5.02 Å². The summed E-state index contributed by atoms with van der Waals surface area (Å²) in [4.78, 5) is 27.8. The molecule has 0 unspecified atom stereocenters. The Morgan fingerprint density at radius 2 is 1.19 bits per heavy atom. The molecule has 0 radical (unpaired) electrons. The maximum atomic E-state index is 13.3. The maximum absolute atomic E-state index is 13.3. The van der Waals surface area contributed by atoms with Gasteiger partial charge in [0.1, 0.15) is 0 Å². The lowest BCUT2D eigenvalue weighted by molar-refractivity contribution is -0.119. The van der Waals surface area contributed by atoms with E-state index in [1.54, 1.807) is 48.5 Å². The normalized spacial score (nSPS) is 14.2. The van der Waals surface area contributed by atoms with E-state index in [0.717, 1.165) is 4.47 Å². The van der Waals surface area contributed by atoms with Crippen LogP contribution < -0.4 is 4.90 Å². The number of rotatable bonds is 3. The fraction of sp³-hybridized carbons (Fsp3) is 0. The van der Waals surface area contributed by atoms with Gasteiger partial charge in [-0.25, -0.2) is 4.90 Å². The summed E-state index contributed by atoms with van der Waals surface area (Å²) in [6.45, 7) is 0. The van der Waals surface area contributed by atoms with Crippen LogP contribution in [-0.4, -0.2) is 11.8 Å². The van der Waals surface area contributed by atoms with Crippen LogP contribution in [0, 0.1) is 0 Å². The first-order chi connectivity index (χ1) is 13.1. The molecule has 2 amide bonds. The van der Waals surface area contributed by atoms with Crippen molar-refractivity contribution in [3.63, 3.8) is 0 Å².